The van der Waals surface area contributed by atoms with Crippen molar-refractivity contribution in [1.29, 1.82) is 0 Å². The lowest BCUT2D eigenvalue weighted by Gasteiger charge is -2.13. The van der Waals surface area contributed by atoms with Gasteiger partial charge in [0.15, 0.2) is 6.61 Å². The molecule has 0 aliphatic rings. The summed E-state index contributed by atoms with van der Waals surface area (Å²) in [6, 6.07) is 14.3. The Bertz CT molecular complexity index is 1030. The van der Waals surface area contributed by atoms with Gasteiger partial charge in [0, 0.05) is 29.6 Å². The van der Waals surface area contributed by atoms with E-state index in [2.05, 4.69) is 15.6 Å². The lowest BCUT2D eigenvalue weighted by atomic mass is 10.1. The fourth-order valence-electron chi connectivity index (χ4n) is 2.87. The molecule has 6 nitrogen and oxygen atoms in total. The Labute approximate surface area is 180 Å². The number of benzene rings is 2. The van der Waals surface area contributed by atoms with Crippen LogP contribution in [0.15, 0.2) is 60.9 Å². The molecule has 0 saturated heterocycles. The van der Waals surface area contributed by atoms with Crippen LogP contribution in [0.25, 0.3) is 0 Å². The zero-order valence-corrected chi connectivity index (χ0v) is 17.5. The van der Waals surface area contributed by atoms with Gasteiger partial charge in [0.2, 0.25) is 0 Å². The van der Waals surface area contributed by atoms with Gasteiger partial charge in [-0.3, -0.25) is 14.6 Å². The van der Waals surface area contributed by atoms with Gasteiger partial charge >= 0.3 is 0 Å². The molecule has 0 atom stereocenters. The van der Waals surface area contributed by atoms with E-state index in [1.54, 1.807) is 36.5 Å². The molecule has 0 bridgehead atoms. The number of ether oxygens (including phenoxy) is 1. The van der Waals surface area contributed by atoms with E-state index < -0.39 is 0 Å². The molecule has 0 aliphatic heterocycles. The first kappa shape index (κ1) is 21.3. The fourth-order valence-corrected chi connectivity index (χ4v) is 2.98. The minimum atomic E-state index is -0.270. The number of nitrogens with one attached hydrogen (secondary N) is 2. The Morgan fingerprint density at radius 1 is 1.07 bits per heavy atom. The number of hydrogen-bond donors (Lipinski definition) is 2. The third kappa shape index (κ3) is 5.58. The molecule has 2 amide bonds. The Morgan fingerprint density at radius 3 is 2.50 bits per heavy atom. The molecule has 154 valence electrons. The van der Waals surface area contributed by atoms with Crippen molar-refractivity contribution in [1.82, 2.24) is 10.3 Å². The Balaban J connectivity index is 1.57. The lowest BCUT2D eigenvalue weighted by molar-refractivity contribution is -0.123. The van der Waals surface area contributed by atoms with Gasteiger partial charge in [-0.15, -0.1) is 0 Å². The first-order valence-corrected chi connectivity index (χ1v) is 9.77. The average molecular weight is 424 g/mol. The molecule has 0 radical (unpaired) electrons. The molecule has 3 rings (SSSR count). The number of anilines is 1. The standard InChI is InChI=1S/C23H22ClN3O3/c1-15-10-19(11-16(2)22(15)24)30-14-21(28)26-13-17-6-3-4-8-20(17)27-23(29)18-7-5-9-25-12-18/h3-12H,13-14H2,1-2H3,(H,26,28)(H,27,29). The maximum absolute atomic E-state index is 12.4. The quantitative estimate of drug-likeness (QED) is 0.593. The molecule has 0 aliphatic carbocycles. The molecular formula is C23H22ClN3O3. The first-order valence-electron chi connectivity index (χ1n) is 9.39. The number of aryl methyl sites for hydroxylation is 2. The highest BCUT2D eigenvalue weighted by molar-refractivity contribution is 6.32. The molecule has 1 heterocycles. The summed E-state index contributed by atoms with van der Waals surface area (Å²) in [5, 5.41) is 6.35. The number of hydrogen-bond acceptors (Lipinski definition) is 4. The zero-order valence-electron chi connectivity index (χ0n) is 16.7. The van der Waals surface area contributed by atoms with Crippen molar-refractivity contribution in [3.05, 3.63) is 88.2 Å². The summed E-state index contributed by atoms with van der Waals surface area (Å²) in [6.45, 7) is 3.91. The van der Waals surface area contributed by atoms with Crippen molar-refractivity contribution < 1.29 is 14.3 Å². The van der Waals surface area contributed by atoms with Crippen LogP contribution in [0.4, 0.5) is 5.69 Å². The van der Waals surface area contributed by atoms with E-state index in [1.165, 1.54) is 6.20 Å². The average Bonchev–Trinajstić information content (AvgIpc) is 2.76. The summed E-state index contributed by atoms with van der Waals surface area (Å²) in [6.07, 6.45) is 3.10. The second-order valence-electron chi connectivity index (χ2n) is 6.79. The number of pyridine rings is 1. The number of carbonyl (C=O) groups excluding carboxylic acids is 2. The van der Waals surface area contributed by atoms with Crippen molar-refractivity contribution >= 4 is 29.1 Å². The van der Waals surface area contributed by atoms with Crippen molar-refractivity contribution in [2.45, 2.75) is 20.4 Å². The Kier molecular flexibility index (Phi) is 7.03. The summed E-state index contributed by atoms with van der Waals surface area (Å²) >= 11 is 6.15. The van der Waals surface area contributed by atoms with Crippen LogP contribution in [0, 0.1) is 13.8 Å². The van der Waals surface area contributed by atoms with E-state index in [1.807, 2.05) is 32.0 Å². The van der Waals surface area contributed by atoms with E-state index in [4.69, 9.17) is 16.3 Å². The fraction of sp³-hybridized carbons (Fsp3) is 0.174. The summed E-state index contributed by atoms with van der Waals surface area (Å²) in [5.74, 6) is 0.0565. The molecule has 7 heteroatoms. The smallest absolute Gasteiger partial charge is 0.258 e. The maximum atomic E-state index is 12.4. The number of aromatic nitrogens is 1. The van der Waals surface area contributed by atoms with Crippen molar-refractivity contribution in [3.8, 4) is 5.75 Å². The predicted molar refractivity (Wildman–Crippen MR) is 117 cm³/mol. The Morgan fingerprint density at radius 2 is 1.80 bits per heavy atom. The molecule has 0 unspecified atom stereocenters. The summed E-state index contributed by atoms with van der Waals surface area (Å²) < 4.78 is 5.58. The zero-order chi connectivity index (χ0) is 21.5. The normalized spacial score (nSPS) is 10.4. The third-order valence-electron chi connectivity index (χ3n) is 4.45. The Hall–Kier alpha value is -3.38. The lowest BCUT2D eigenvalue weighted by Crippen LogP contribution is -2.29. The molecule has 30 heavy (non-hydrogen) atoms. The van der Waals surface area contributed by atoms with E-state index in [-0.39, 0.29) is 25.0 Å². The van der Waals surface area contributed by atoms with Gasteiger partial charge in [-0.1, -0.05) is 29.8 Å². The SMILES string of the molecule is Cc1cc(OCC(=O)NCc2ccccc2NC(=O)c2cccnc2)cc(C)c1Cl. The highest BCUT2D eigenvalue weighted by Gasteiger charge is 2.11. The molecule has 1 aromatic heterocycles. The molecule has 0 fully saturated rings. The maximum Gasteiger partial charge on any atom is 0.258 e. The van der Waals surface area contributed by atoms with Crippen molar-refractivity contribution in [3.63, 3.8) is 0 Å². The van der Waals surface area contributed by atoms with Crippen LogP contribution >= 0.6 is 11.6 Å². The summed E-state index contributed by atoms with van der Waals surface area (Å²) in [7, 11) is 0. The molecule has 0 spiro atoms. The molecule has 2 aromatic carbocycles. The topological polar surface area (TPSA) is 80.3 Å². The van der Waals surface area contributed by atoms with Gasteiger partial charge in [0.05, 0.1) is 5.56 Å². The van der Waals surface area contributed by atoms with Crippen LogP contribution in [0.2, 0.25) is 5.02 Å². The number of para-hydroxylation sites is 1. The number of nitrogens with zero attached hydrogens (tertiary/aromatic N) is 1. The van der Waals surface area contributed by atoms with Gasteiger partial charge < -0.3 is 15.4 Å². The van der Waals surface area contributed by atoms with Gasteiger partial charge in [0.25, 0.3) is 11.8 Å². The van der Waals surface area contributed by atoms with Crippen molar-refractivity contribution in [2.24, 2.45) is 0 Å². The predicted octanol–water partition coefficient (Wildman–Crippen LogP) is 4.30. The third-order valence-corrected chi connectivity index (χ3v) is 5.04. The van der Waals surface area contributed by atoms with E-state index in [0.717, 1.165) is 16.7 Å². The van der Waals surface area contributed by atoms with Crippen LogP contribution in [-0.4, -0.2) is 23.4 Å². The summed E-state index contributed by atoms with van der Waals surface area (Å²) in [5.41, 5.74) is 3.65. The summed E-state index contributed by atoms with van der Waals surface area (Å²) in [4.78, 5) is 28.5. The number of carbonyl (C=O) groups is 2. The second-order valence-corrected chi connectivity index (χ2v) is 7.17. The van der Waals surface area contributed by atoms with Crippen LogP contribution in [0.5, 0.6) is 5.75 Å². The largest absolute Gasteiger partial charge is 0.484 e. The van der Waals surface area contributed by atoms with E-state index in [9.17, 15) is 9.59 Å². The van der Waals surface area contributed by atoms with Crippen LogP contribution in [0.3, 0.4) is 0 Å². The van der Waals surface area contributed by atoms with Crippen molar-refractivity contribution in [2.75, 3.05) is 11.9 Å². The van der Waals surface area contributed by atoms with E-state index >= 15 is 0 Å². The highest BCUT2D eigenvalue weighted by atomic mass is 35.5. The van der Waals surface area contributed by atoms with Crippen LogP contribution in [0.1, 0.15) is 27.0 Å². The minimum absolute atomic E-state index is 0.120. The first-order chi connectivity index (χ1) is 14.4. The number of halogens is 1. The van der Waals surface area contributed by atoms with Crippen LogP contribution in [-0.2, 0) is 11.3 Å². The van der Waals surface area contributed by atoms with Gasteiger partial charge in [0.1, 0.15) is 5.75 Å². The molecule has 0 saturated carbocycles. The van der Waals surface area contributed by atoms with Gasteiger partial charge in [-0.25, -0.2) is 0 Å². The highest BCUT2D eigenvalue weighted by Crippen LogP contribution is 2.25. The molecular weight excluding hydrogens is 402 g/mol. The number of amides is 2. The minimum Gasteiger partial charge on any atom is -0.484 e. The molecule has 2 N–H and O–H groups in total. The molecule has 3 aromatic rings. The van der Waals surface area contributed by atoms with Gasteiger partial charge in [-0.05, 0) is 60.9 Å². The van der Waals surface area contributed by atoms with E-state index in [0.29, 0.717) is 22.0 Å². The second kappa shape index (κ2) is 9.89. The number of rotatable bonds is 7. The van der Waals surface area contributed by atoms with Gasteiger partial charge in [-0.2, -0.15) is 0 Å². The monoisotopic (exact) mass is 423 g/mol. The van der Waals surface area contributed by atoms with Crippen LogP contribution < -0.4 is 15.4 Å².